The van der Waals surface area contributed by atoms with Crippen molar-refractivity contribution >= 4 is 33.1 Å². The number of anilines is 1. The smallest absolute Gasteiger partial charge is 0.338 e. The van der Waals surface area contributed by atoms with Gasteiger partial charge in [-0.25, -0.2) is 13.2 Å². The molecule has 27 heavy (non-hydrogen) atoms. The van der Waals surface area contributed by atoms with Gasteiger partial charge in [0.05, 0.1) is 10.5 Å². The molecule has 1 N–H and O–H groups in total. The van der Waals surface area contributed by atoms with Crippen molar-refractivity contribution in [2.45, 2.75) is 11.8 Å². The maximum Gasteiger partial charge on any atom is 0.338 e. The number of carbonyl (C=O) groups excluding carboxylic acids is 2. The van der Waals surface area contributed by atoms with Gasteiger partial charge in [-0.3, -0.25) is 14.9 Å². The van der Waals surface area contributed by atoms with Gasteiger partial charge in [-0.15, -0.1) is 0 Å². The van der Waals surface area contributed by atoms with E-state index in [1.54, 1.807) is 18.2 Å². The molecular formula is C17H16N2O7S. The Balaban J connectivity index is 2.08. The number of rotatable bonds is 6. The normalized spacial score (nSPS) is 10.9. The molecule has 0 saturated carbocycles. The predicted molar refractivity (Wildman–Crippen MR) is 96.3 cm³/mol. The summed E-state index contributed by atoms with van der Waals surface area (Å²) in [6, 6.07) is 9.84. The molecule has 0 fully saturated rings. The fraction of sp³-hybridized carbons (Fsp3) is 0.176. The third kappa shape index (κ3) is 5.35. The molecule has 0 aliphatic heterocycles. The molecule has 2 aromatic carbocycles. The summed E-state index contributed by atoms with van der Waals surface area (Å²) < 4.78 is 28.0. The molecule has 0 radical (unpaired) electrons. The monoisotopic (exact) mass is 392 g/mol. The molecule has 0 heterocycles. The van der Waals surface area contributed by atoms with E-state index in [1.807, 2.05) is 13.0 Å². The van der Waals surface area contributed by atoms with Crippen molar-refractivity contribution in [2.75, 3.05) is 18.2 Å². The first-order valence-electron chi connectivity index (χ1n) is 7.60. The number of sulfone groups is 1. The lowest BCUT2D eigenvalue weighted by molar-refractivity contribution is -0.387. The van der Waals surface area contributed by atoms with E-state index in [9.17, 15) is 28.1 Å². The van der Waals surface area contributed by atoms with Crippen molar-refractivity contribution in [2.24, 2.45) is 0 Å². The molecule has 0 bridgehead atoms. The lowest BCUT2D eigenvalue weighted by Gasteiger charge is -2.08. The first kappa shape index (κ1) is 20.0. The summed E-state index contributed by atoms with van der Waals surface area (Å²) in [5.41, 5.74) is 0.487. The van der Waals surface area contributed by atoms with Gasteiger partial charge in [-0.1, -0.05) is 12.1 Å². The van der Waals surface area contributed by atoms with Gasteiger partial charge in [0, 0.05) is 18.0 Å². The van der Waals surface area contributed by atoms with E-state index in [0.29, 0.717) is 5.69 Å². The Morgan fingerprint density at radius 2 is 1.89 bits per heavy atom. The molecule has 1 amide bonds. The quantitative estimate of drug-likeness (QED) is 0.452. The Hall–Kier alpha value is -3.27. The minimum Gasteiger partial charge on any atom is -0.452 e. The van der Waals surface area contributed by atoms with Gasteiger partial charge in [0.1, 0.15) is 4.90 Å². The van der Waals surface area contributed by atoms with Crippen molar-refractivity contribution in [1.82, 2.24) is 0 Å². The molecule has 0 saturated heterocycles. The van der Waals surface area contributed by atoms with E-state index >= 15 is 0 Å². The number of benzene rings is 2. The topological polar surface area (TPSA) is 133 Å². The van der Waals surface area contributed by atoms with Gasteiger partial charge < -0.3 is 10.1 Å². The summed E-state index contributed by atoms with van der Waals surface area (Å²) in [6.45, 7) is 1.25. The van der Waals surface area contributed by atoms with Crippen LogP contribution in [0.5, 0.6) is 0 Å². The molecule has 0 aliphatic rings. The number of nitrogens with zero attached hydrogens (tertiary/aromatic N) is 1. The summed E-state index contributed by atoms with van der Waals surface area (Å²) >= 11 is 0. The predicted octanol–water partition coefficient (Wildman–Crippen LogP) is 2.10. The third-order valence-electron chi connectivity index (χ3n) is 3.43. The number of esters is 1. The fourth-order valence-corrected chi connectivity index (χ4v) is 3.06. The Bertz CT molecular complexity index is 1020. The Morgan fingerprint density at radius 3 is 2.48 bits per heavy atom. The number of nitro benzene ring substituents is 1. The van der Waals surface area contributed by atoms with E-state index in [4.69, 9.17) is 4.74 Å². The Morgan fingerprint density at radius 1 is 1.19 bits per heavy atom. The Labute approximate surface area is 155 Å². The molecule has 0 spiro atoms. The molecular weight excluding hydrogens is 376 g/mol. The van der Waals surface area contributed by atoms with Gasteiger partial charge in [0.2, 0.25) is 0 Å². The highest BCUT2D eigenvalue weighted by Crippen LogP contribution is 2.25. The number of hydrogen-bond donors (Lipinski definition) is 1. The van der Waals surface area contributed by atoms with Crippen molar-refractivity contribution in [3.63, 3.8) is 0 Å². The van der Waals surface area contributed by atoms with Crippen LogP contribution in [0.2, 0.25) is 0 Å². The number of nitrogens with one attached hydrogen (secondary N) is 1. The van der Waals surface area contributed by atoms with Gasteiger partial charge >= 0.3 is 5.97 Å². The average Bonchev–Trinajstić information content (AvgIpc) is 2.58. The van der Waals surface area contributed by atoms with Crippen molar-refractivity contribution < 1.29 is 27.7 Å². The molecule has 0 aliphatic carbocycles. The molecule has 0 unspecified atom stereocenters. The second-order valence-corrected chi connectivity index (χ2v) is 7.69. The largest absolute Gasteiger partial charge is 0.452 e. The second kappa shape index (κ2) is 7.96. The van der Waals surface area contributed by atoms with Crippen molar-refractivity contribution in [1.29, 1.82) is 0 Å². The minimum absolute atomic E-state index is 0.238. The van der Waals surface area contributed by atoms with E-state index in [1.165, 1.54) is 0 Å². The maximum absolute atomic E-state index is 12.0. The van der Waals surface area contributed by atoms with E-state index < -0.39 is 43.8 Å². The van der Waals surface area contributed by atoms with Crippen LogP contribution in [0.1, 0.15) is 15.9 Å². The van der Waals surface area contributed by atoms with Crippen LogP contribution in [-0.4, -0.2) is 38.1 Å². The molecule has 10 heteroatoms. The SMILES string of the molecule is Cc1cccc(NC(=O)COC(=O)c2ccc(S(C)(=O)=O)c([N+](=O)[O-])c2)c1. The number of hydrogen-bond acceptors (Lipinski definition) is 7. The van der Waals surface area contributed by atoms with Crippen molar-refractivity contribution in [3.05, 3.63) is 63.7 Å². The number of ether oxygens (including phenoxy) is 1. The van der Waals surface area contributed by atoms with Crippen LogP contribution in [0.25, 0.3) is 0 Å². The van der Waals surface area contributed by atoms with Crippen molar-refractivity contribution in [3.8, 4) is 0 Å². The first-order valence-corrected chi connectivity index (χ1v) is 9.49. The zero-order chi connectivity index (χ0) is 20.2. The highest BCUT2D eigenvalue weighted by Gasteiger charge is 2.24. The molecule has 0 aromatic heterocycles. The number of aryl methyl sites for hydroxylation is 1. The highest BCUT2D eigenvalue weighted by molar-refractivity contribution is 7.90. The van der Waals surface area contributed by atoms with Crippen LogP contribution in [0.4, 0.5) is 11.4 Å². The van der Waals surface area contributed by atoms with Gasteiger partial charge in [0.15, 0.2) is 16.4 Å². The third-order valence-corrected chi connectivity index (χ3v) is 4.57. The number of amides is 1. The molecule has 2 rings (SSSR count). The highest BCUT2D eigenvalue weighted by atomic mass is 32.2. The zero-order valence-corrected chi connectivity index (χ0v) is 15.3. The second-order valence-electron chi connectivity index (χ2n) is 5.71. The summed E-state index contributed by atoms with van der Waals surface area (Å²) in [4.78, 5) is 33.5. The van der Waals surface area contributed by atoms with Crippen LogP contribution in [0.15, 0.2) is 47.4 Å². The number of nitro groups is 1. The molecule has 2 aromatic rings. The van der Waals surface area contributed by atoms with Crippen LogP contribution < -0.4 is 5.32 Å². The maximum atomic E-state index is 12.0. The van der Waals surface area contributed by atoms with E-state index in [2.05, 4.69) is 5.32 Å². The van der Waals surface area contributed by atoms with E-state index in [0.717, 1.165) is 30.0 Å². The van der Waals surface area contributed by atoms with Gasteiger partial charge in [-0.05, 0) is 36.8 Å². The van der Waals surface area contributed by atoms with Crippen LogP contribution >= 0.6 is 0 Å². The van der Waals surface area contributed by atoms with Crippen LogP contribution in [0.3, 0.4) is 0 Å². The molecule has 0 atom stereocenters. The number of carbonyl (C=O) groups is 2. The van der Waals surface area contributed by atoms with Crippen LogP contribution in [-0.2, 0) is 19.4 Å². The molecule has 142 valence electrons. The summed E-state index contributed by atoms with van der Waals surface area (Å²) in [6.07, 6.45) is 0.822. The minimum atomic E-state index is -3.84. The first-order chi connectivity index (χ1) is 12.6. The van der Waals surface area contributed by atoms with Gasteiger partial charge in [-0.2, -0.15) is 0 Å². The fourth-order valence-electron chi connectivity index (χ4n) is 2.23. The van der Waals surface area contributed by atoms with Gasteiger partial charge in [0.25, 0.3) is 11.6 Å². The zero-order valence-electron chi connectivity index (χ0n) is 14.5. The summed E-state index contributed by atoms with van der Waals surface area (Å²) in [7, 11) is -3.84. The summed E-state index contributed by atoms with van der Waals surface area (Å²) in [5, 5.41) is 13.6. The lowest BCUT2D eigenvalue weighted by atomic mass is 10.2. The standard InChI is InChI=1S/C17H16N2O7S/c1-11-4-3-5-13(8-11)18-16(20)10-26-17(21)12-6-7-15(27(2,24)25)14(9-12)19(22)23/h3-9H,10H2,1-2H3,(H,18,20). The van der Waals surface area contributed by atoms with E-state index in [-0.39, 0.29) is 5.56 Å². The lowest BCUT2D eigenvalue weighted by Crippen LogP contribution is -2.21. The Kier molecular flexibility index (Phi) is 5.91. The van der Waals surface area contributed by atoms with Crippen LogP contribution in [0, 0.1) is 17.0 Å². The average molecular weight is 392 g/mol. The summed E-state index contributed by atoms with van der Waals surface area (Å²) in [5.74, 6) is -1.58. The molecule has 9 nitrogen and oxygen atoms in total.